The van der Waals surface area contributed by atoms with E-state index in [4.69, 9.17) is 9.57 Å². The summed E-state index contributed by atoms with van der Waals surface area (Å²) in [6.07, 6.45) is 0. The van der Waals surface area contributed by atoms with E-state index in [0.717, 1.165) is 22.6 Å². The molecule has 0 bridgehead atoms. The molecule has 0 atom stereocenters. The maximum atomic E-state index is 12.1. The molecule has 0 spiro atoms. The number of carbonyl (C=O) groups excluding carboxylic acids is 3. The molecule has 0 saturated carbocycles. The fraction of sp³-hybridized carbons (Fsp3) is 0.190. The smallest absolute Gasteiger partial charge is 0.362 e. The molecule has 3 aromatic rings. The van der Waals surface area contributed by atoms with Gasteiger partial charge in [-0.1, -0.05) is 41.7 Å². The van der Waals surface area contributed by atoms with Crippen LogP contribution in [0.2, 0.25) is 0 Å². The molecule has 0 aliphatic carbocycles. The van der Waals surface area contributed by atoms with Gasteiger partial charge >= 0.3 is 11.9 Å². The molecular formula is C21H20N4O5S2. The summed E-state index contributed by atoms with van der Waals surface area (Å²) in [5.41, 5.74) is 3.35. The Hall–Kier alpha value is -3.44. The molecule has 0 radical (unpaired) electrons. The summed E-state index contributed by atoms with van der Waals surface area (Å²) in [6, 6.07) is 15.7. The van der Waals surface area contributed by atoms with Crippen molar-refractivity contribution in [3.05, 3.63) is 75.7 Å². The van der Waals surface area contributed by atoms with Crippen molar-refractivity contribution in [3.8, 4) is 5.75 Å². The number of nitrogens with one attached hydrogen (secondary N) is 2. The minimum absolute atomic E-state index is 0.0606. The van der Waals surface area contributed by atoms with Crippen LogP contribution < -0.4 is 15.5 Å². The van der Waals surface area contributed by atoms with E-state index < -0.39 is 11.9 Å². The number of ether oxygens (including phenoxy) is 1. The molecule has 9 nitrogen and oxygen atoms in total. The molecule has 0 saturated heterocycles. The molecule has 0 fully saturated rings. The Labute approximate surface area is 192 Å². The Balaban J connectivity index is 1.36. The Kier molecular flexibility index (Phi) is 8.58. The average Bonchev–Trinajstić information content (AvgIpc) is 3.31. The van der Waals surface area contributed by atoms with Crippen molar-refractivity contribution in [2.75, 3.05) is 12.9 Å². The number of nitrogens with zero attached hydrogens (tertiary/aromatic N) is 2. The maximum Gasteiger partial charge on any atom is 0.362 e. The Bertz CT molecular complexity index is 1060. The molecule has 0 aliphatic heterocycles. The highest BCUT2D eigenvalue weighted by atomic mass is 32.2. The van der Waals surface area contributed by atoms with Gasteiger partial charge in [-0.05, 0) is 29.8 Å². The number of thioether (sulfide) groups is 1. The van der Waals surface area contributed by atoms with Crippen LogP contribution in [0.3, 0.4) is 0 Å². The summed E-state index contributed by atoms with van der Waals surface area (Å²) in [4.78, 5) is 40.7. The number of hydrogen-bond donors (Lipinski definition) is 2. The van der Waals surface area contributed by atoms with Crippen molar-refractivity contribution >= 4 is 40.9 Å². The molecule has 2 amide bonds. The normalized spacial score (nSPS) is 10.3. The van der Waals surface area contributed by atoms with Gasteiger partial charge in [0.2, 0.25) is 10.9 Å². The lowest BCUT2D eigenvalue weighted by molar-refractivity contribution is -0.118. The maximum absolute atomic E-state index is 12.1. The van der Waals surface area contributed by atoms with Gasteiger partial charge in [-0.3, -0.25) is 9.59 Å². The zero-order chi connectivity index (χ0) is 22.8. The fourth-order valence-corrected chi connectivity index (χ4v) is 4.03. The number of carbonyl (C=O) groups is 3. The lowest BCUT2D eigenvalue weighted by atomic mass is 10.2. The first-order valence-corrected chi connectivity index (χ1v) is 11.4. The zero-order valence-electron chi connectivity index (χ0n) is 17.1. The minimum Gasteiger partial charge on any atom is -0.497 e. The van der Waals surface area contributed by atoms with Gasteiger partial charge in [0.25, 0.3) is 0 Å². The molecular weight excluding hydrogens is 452 g/mol. The highest BCUT2D eigenvalue weighted by Gasteiger charge is 2.16. The van der Waals surface area contributed by atoms with Crippen LogP contribution in [0.1, 0.15) is 30.7 Å². The van der Waals surface area contributed by atoms with Crippen molar-refractivity contribution in [3.63, 3.8) is 0 Å². The van der Waals surface area contributed by atoms with Crippen LogP contribution in [-0.2, 0) is 21.9 Å². The van der Waals surface area contributed by atoms with Gasteiger partial charge in [-0.25, -0.2) is 4.79 Å². The predicted octanol–water partition coefficient (Wildman–Crippen LogP) is 2.60. The van der Waals surface area contributed by atoms with Crippen molar-refractivity contribution in [2.24, 2.45) is 0 Å². The highest BCUT2D eigenvalue weighted by Crippen LogP contribution is 2.17. The number of hydroxylamine groups is 1. The molecule has 2 N–H and O–H groups in total. The number of rotatable bonds is 9. The summed E-state index contributed by atoms with van der Waals surface area (Å²) in [6.45, 7) is 0.425. The van der Waals surface area contributed by atoms with Gasteiger partial charge in [0.15, 0.2) is 0 Å². The third-order valence-electron chi connectivity index (χ3n) is 4.01. The van der Waals surface area contributed by atoms with Crippen LogP contribution in [0.4, 0.5) is 0 Å². The van der Waals surface area contributed by atoms with Crippen molar-refractivity contribution in [2.45, 2.75) is 12.3 Å². The van der Waals surface area contributed by atoms with Crippen molar-refractivity contribution < 1.29 is 24.0 Å². The van der Waals surface area contributed by atoms with Gasteiger partial charge in [0.05, 0.1) is 18.4 Å². The van der Waals surface area contributed by atoms with Crippen molar-refractivity contribution in [1.82, 2.24) is 21.0 Å². The molecule has 3 rings (SSSR count). The summed E-state index contributed by atoms with van der Waals surface area (Å²) >= 11 is 2.42. The van der Waals surface area contributed by atoms with E-state index in [-0.39, 0.29) is 16.7 Å². The van der Waals surface area contributed by atoms with E-state index in [1.807, 2.05) is 24.3 Å². The molecule has 1 heterocycles. The van der Waals surface area contributed by atoms with Gasteiger partial charge in [-0.15, -0.1) is 22.0 Å². The third kappa shape index (κ3) is 7.06. The number of benzene rings is 2. The van der Waals surface area contributed by atoms with E-state index in [0.29, 0.717) is 22.9 Å². The largest absolute Gasteiger partial charge is 0.497 e. The van der Waals surface area contributed by atoms with Crippen LogP contribution in [0.25, 0.3) is 0 Å². The molecule has 1 aromatic heterocycles. The number of amides is 2. The predicted molar refractivity (Wildman–Crippen MR) is 120 cm³/mol. The second-order valence-electron chi connectivity index (χ2n) is 6.31. The number of hydrogen-bond acceptors (Lipinski definition) is 9. The second-order valence-corrected chi connectivity index (χ2v) is 8.35. The van der Waals surface area contributed by atoms with Crippen LogP contribution in [0.15, 0.2) is 54.6 Å². The van der Waals surface area contributed by atoms with E-state index in [2.05, 4.69) is 21.0 Å². The van der Waals surface area contributed by atoms with Gasteiger partial charge in [0, 0.05) is 12.3 Å². The van der Waals surface area contributed by atoms with Gasteiger partial charge < -0.3 is 14.9 Å². The zero-order valence-corrected chi connectivity index (χ0v) is 18.7. The molecule has 32 heavy (non-hydrogen) atoms. The monoisotopic (exact) mass is 472 g/mol. The average molecular weight is 473 g/mol. The lowest BCUT2D eigenvalue weighted by Gasteiger charge is -2.06. The first-order valence-electron chi connectivity index (χ1n) is 9.41. The Morgan fingerprint density at radius 1 is 1.03 bits per heavy atom. The van der Waals surface area contributed by atoms with Crippen LogP contribution in [0, 0.1) is 0 Å². The summed E-state index contributed by atoms with van der Waals surface area (Å²) in [5.74, 6) is -0.0344. The topological polar surface area (TPSA) is 120 Å². The first kappa shape index (κ1) is 23.2. The molecule has 166 valence electrons. The molecule has 0 unspecified atom stereocenters. The van der Waals surface area contributed by atoms with Crippen molar-refractivity contribution in [1.29, 1.82) is 0 Å². The first-order chi connectivity index (χ1) is 15.5. The lowest BCUT2D eigenvalue weighted by Crippen LogP contribution is -2.27. The second kappa shape index (κ2) is 11.8. The summed E-state index contributed by atoms with van der Waals surface area (Å²) in [7, 11) is 1.60. The minimum atomic E-state index is -0.681. The highest BCUT2D eigenvalue weighted by molar-refractivity contribution is 7.99. The van der Waals surface area contributed by atoms with Crippen LogP contribution in [-0.4, -0.2) is 40.8 Å². The number of methoxy groups -OCH3 is 1. The van der Waals surface area contributed by atoms with E-state index in [9.17, 15) is 14.4 Å². The van der Waals surface area contributed by atoms with Gasteiger partial charge in [-0.2, -0.15) is 5.48 Å². The van der Waals surface area contributed by atoms with Crippen LogP contribution in [0.5, 0.6) is 5.75 Å². The van der Waals surface area contributed by atoms with Crippen LogP contribution >= 0.6 is 23.1 Å². The summed E-state index contributed by atoms with van der Waals surface area (Å²) in [5, 5.41) is 11.2. The standard InChI is InChI=1S/C21H20N4O5S2/c1-29-16-9-7-14(8-10-16)11-22-17(26)12-31-13-18-23-24-20(32-18)19(27)25-30-21(28)15-5-3-2-4-6-15/h2-10H,11-13H2,1H3,(H,22,26)(H,25,27). The van der Waals surface area contributed by atoms with E-state index in [1.165, 1.54) is 11.8 Å². The molecule has 11 heteroatoms. The number of aromatic nitrogens is 2. The van der Waals surface area contributed by atoms with Gasteiger partial charge in [0.1, 0.15) is 10.8 Å². The summed E-state index contributed by atoms with van der Waals surface area (Å²) < 4.78 is 5.10. The Morgan fingerprint density at radius 2 is 1.78 bits per heavy atom. The molecule has 2 aromatic carbocycles. The van der Waals surface area contributed by atoms with E-state index in [1.54, 1.807) is 37.4 Å². The quantitative estimate of drug-likeness (QED) is 0.456. The molecule has 0 aliphatic rings. The fourth-order valence-electron chi connectivity index (χ4n) is 2.40. The van der Waals surface area contributed by atoms with E-state index >= 15 is 0 Å². The SMILES string of the molecule is COc1ccc(CNC(=O)CSCc2nnc(C(=O)NOC(=O)c3ccccc3)s2)cc1. The third-order valence-corrected chi connectivity index (χ3v) is 6.06. The Morgan fingerprint density at radius 3 is 2.50 bits per heavy atom.